The van der Waals surface area contributed by atoms with Crippen molar-refractivity contribution in [3.05, 3.63) is 4.60 Å². The molecular formula is C6H6BrN3OS. The van der Waals surface area contributed by atoms with Crippen molar-refractivity contribution < 1.29 is 4.79 Å². The van der Waals surface area contributed by atoms with E-state index in [0.29, 0.717) is 10.4 Å². The molecule has 0 unspecified atom stereocenters. The summed E-state index contributed by atoms with van der Waals surface area (Å²) in [5, 5.41) is 2.70. The first-order valence-electron chi connectivity index (χ1n) is 3.56. The van der Waals surface area contributed by atoms with Crippen LogP contribution in [0.3, 0.4) is 0 Å². The fraction of sp³-hybridized carbons (Fsp3) is 0.500. The Morgan fingerprint density at radius 2 is 2.33 bits per heavy atom. The first-order valence-corrected chi connectivity index (χ1v) is 5.08. The number of hydrogen-bond acceptors (Lipinski definition) is 4. The molecule has 0 spiro atoms. The second-order valence-electron chi connectivity index (χ2n) is 2.67. The van der Waals surface area contributed by atoms with Gasteiger partial charge >= 0.3 is 0 Å². The third kappa shape index (κ3) is 1.64. The fourth-order valence-electron chi connectivity index (χ4n) is 0.817. The van der Waals surface area contributed by atoms with E-state index in [1.807, 2.05) is 0 Å². The Labute approximate surface area is 81.8 Å². The molecule has 0 aromatic carbocycles. The molecule has 1 N–H and O–H groups in total. The summed E-state index contributed by atoms with van der Waals surface area (Å²) in [4.78, 5) is 11.2. The van der Waals surface area contributed by atoms with Crippen molar-refractivity contribution in [2.45, 2.75) is 12.8 Å². The topological polar surface area (TPSA) is 54.9 Å². The largest absolute Gasteiger partial charge is 0.307 e. The summed E-state index contributed by atoms with van der Waals surface area (Å²) >= 11 is 4.27. The number of hydrogen-bond donors (Lipinski definition) is 1. The minimum Gasteiger partial charge on any atom is -0.307 e. The van der Waals surface area contributed by atoms with Crippen molar-refractivity contribution >= 4 is 39.4 Å². The van der Waals surface area contributed by atoms with E-state index in [4.69, 9.17) is 0 Å². The third-order valence-electron chi connectivity index (χ3n) is 1.64. The predicted molar refractivity (Wildman–Crippen MR) is 49.0 cm³/mol. The highest BCUT2D eigenvalue weighted by Crippen LogP contribution is 2.30. The second-order valence-corrected chi connectivity index (χ2v) is 3.95. The zero-order chi connectivity index (χ0) is 8.55. The van der Waals surface area contributed by atoms with Crippen molar-refractivity contribution in [3.8, 4) is 0 Å². The fourth-order valence-corrected chi connectivity index (χ4v) is 1.73. The van der Waals surface area contributed by atoms with E-state index in [1.54, 1.807) is 0 Å². The third-order valence-corrected chi connectivity index (χ3v) is 2.95. The van der Waals surface area contributed by atoms with E-state index < -0.39 is 0 Å². The van der Waals surface area contributed by atoms with Crippen LogP contribution in [0.4, 0.5) is 5.82 Å². The number of halogens is 1. The Hall–Kier alpha value is -0.490. The summed E-state index contributed by atoms with van der Waals surface area (Å²) in [6.45, 7) is 0. The number of carbonyl (C=O) groups excluding carboxylic acids is 1. The molecule has 1 aromatic rings. The molecule has 6 heteroatoms. The monoisotopic (exact) mass is 247 g/mol. The van der Waals surface area contributed by atoms with Crippen LogP contribution in [0.5, 0.6) is 0 Å². The van der Waals surface area contributed by atoms with Gasteiger partial charge in [-0.3, -0.25) is 4.79 Å². The molecule has 2 rings (SSSR count). The normalized spacial score (nSPS) is 16.1. The van der Waals surface area contributed by atoms with Gasteiger partial charge in [-0.15, -0.1) is 0 Å². The molecule has 1 fully saturated rings. The SMILES string of the molecule is O=C(Nc1nsnc1Br)C1CC1. The van der Waals surface area contributed by atoms with Gasteiger partial charge < -0.3 is 5.32 Å². The minimum atomic E-state index is 0.0587. The standard InChI is InChI=1S/C6H6BrN3OS/c7-4-5(10-12-9-4)8-6(11)3-1-2-3/h3H,1-2H2,(H,8,10,11). The second kappa shape index (κ2) is 3.10. The van der Waals surface area contributed by atoms with E-state index in [-0.39, 0.29) is 11.8 Å². The lowest BCUT2D eigenvalue weighted by atomic mass is 10.4. The summed E-state index contributed by atoms with van der Waals surface area (Å²) in [5.41, 5.74) is 0. The number of nitrogens with one attached hydrogen (secondary N) is 1. The maximum absolute atomic E-state index is 11.2. The summed E-state index contributed by atoms with van der Waals surface area (Å²) in [7, 11) is 0. The molecule has 1 heterocycles. The molecular weight excluding hydrogens is 242 g/mol. The van der Waals surface area contributed by atoms with Gasteiger partial charge in [-0.1, -0.05) is 0 Å². The van der Waals surface area contributed by atoms with Gasteiger partial charge in [-0.2, -0.15) is 8.75 Å². The number of amides is 1. The molecule has 1 aromatic heterocycles. The summed E-state index contributed by atoms with van der Waals surface area (Å²) in [6, 6.07) is 0. The van der Waals surface area contributed by atoms with Crippen LogP contribution < -0.4 is 5.32 Å². The van der Waals surface area contributed by atoms with E-state index in [1.165, 1.54) is 0 Å². The molecule has 4 nitrogen and oxygen atoms in total. The van der Waals surface area contributed by atoms with Crippen LogP contribution >= 0.6 is 27.7 Å². The van der Waals surface area contributed by atoms with Gasteiger partial charge in [0.2, 0.25) is 5.91 Å². The molecule has 1 saturated carbocycles. The van der Waals surface area contributed by atoms with Crippen LogP contribution in [-0.2, 0) is 4.79 Å². The Balaban J connectivity index is 2.02. The van der Waals surface area contributed by atoms with E-state index in [9.17, 15) is 4.79 Å². The lowest BCUT2D eigenvalue weighted by molar-refractivity contribution is -0.117. The number of nitrogens with zero attached hydrogens (tertiary/aromatic N) is 2. The maximum Gasteiger partial charge on any atom is 0.228 e. The highest BCUT2D eigenvalue weighted by Gasteiger charge is 2.30. The van der Waals surface area contributed by atoms with Crippen molar-refractivity contribution in [2.24, 2.45) is 5.92 Å². The van der Waals surface area contributed by atoms with E-state index in [2.05, 4.69) is 30.0 Å². The van der Waals surface area contributed by atoms with Gasteiger partial charge in [-0.25, -0.2) is 0 Å². The van der Waals surface area contributed by atoms with Gasteiger partial charge in [0.15, 0.2) is 10.4 Å². The van der Waals surface area contributed by atoms with Gasteiger partial charge in [0.05, 0.1) is 11.7 Å². The van der Waals surface area contributed by atoms with Gasteiger partial charge in [0.25, 0.3) is 0 Å². The molecule has 1 amide bonds. The lowest BCUT2D eigenvalue weighted by Gasteiger charge is -1.97. The van der Waals surface area contributed by atoms with Crippen LogP contribution in [-0.4, -0.2) is 14.7 Å². The number of carbonyl (C=O) groups is 1. The number of anilines is 1. The molecule has 0 saturated heterocycles. The predicted octanol–water partition coefficient (Wildman–Crippen LogP) is 1.65. The summed E-state index contributed by atoms with van der Waals surface area (Å²) in [6.07, 6.45) is 2.00. The van der Waals surface area contributed by atoms with Gasteiger partial charge in [0.1, 0.15) is 0 Å². The van der Waals surface area contributed by atoms with E-state index in [0.717, 1.165) is 24.6 Å². The van der Waals surface area contributed by atoms with Crippen LogP contribution in [0.15, 0.2) is 4.60 Å². The molecule has 12 heavy (non-hydrogen) atoms. The first-order chi connectivity index (χ1) is 5.77. The van der Waals surface area contributed by atoms with Crippen LogP contribution in [0.25, 0.3) is 0 Å². The van der Waals surface area contributed by atoms with Crippen molar-refractivity contribution in [1.29, 1.82) is 0 Å². The smallest absolute Gasteiger partial charge is 0.228 e. The Morgan fingerprint density at radius 3 is 2.83 bits per heavy atom. The lowest BCUT2D eigenvalue weighted by Crippen LogP contribution is -2.13. The van der Waals surface area contributed by atoms with E-state index >= 15 is 0 Å². The summed E-state index contributed by atoms with van der Waals surface area (Å²) < 4.78 is 8.41. The Kier molecular flexibility index (Phi) is 2.10. The highest BCUT2D eigenvalue weighted by molar-refractivity contribution is 9.10. The molecule has 64 valence electrons. The Bertz CT molecular complexity index is 309. The average molecular weight is 248 g/mol. The van der Waals surface area contributed by atoms with Gasteiger partial charge in [-0.05, 0) is 28.8 Å². The molecule has 0 atom stereocenters. The first kappa shape index (κ1) is 8.12. The average Bonchev–Trinajstić information content (AvgIpc) is 2.80. The molecule has 0 aliphatic heterocycles. The zero-order valence-corrected chi connectivity index (χ0v) is 8.48. The molecule has 1 aliphatic rings. The quantitative estimate of drug-likeness (QED) is 0.865. The molecule has 1 aliphatic carbocycles. The van der Waals surface area contributed by atoms with Crippen molar-refractivity contribution in [3.63, 3.8) is 0 Å². The van der Waals surface area contributed by atoms with Crippen LogP contribution in [0.1, 0.15) is 12.8 Å². The molecule has 0 radical (unpaired) electrons. The maximum atomic E-state index is 11.2. The minimum absolute atomic E-state index is 0.0587. The van der Waals surface area contributed by atoms with Crippen LogP contribution in [0.2, 0.25) is 0 Å². The van der Waals surface area contributed by atoms with Gasteiger partial charge in [0, 0.05) is 5.92 Å². The Morgan fingerprint density at radius 1 is 1.58 bits per heavy atom. The highest BCUT2D eigenvalue weighted by atomic mass is 79.9. The molecule has 0 bridgehead atoms. The summed E-state index contributed by atoms with van der Waals surface area (Å²) in [5.74, 6) is 0.805. The van der Waals surface area contributed by atoms with Crippen molar-refractivity contribution in [1.82, 2.24) is 8.75 Å². The number of aromatic nitrogens is 2. The van der Waals surface area contributed by atoms with Crippen LogP contribution in [0, 0.1) is 5.92 Å². The zero-order valence-electron chi connectivity index (χ0n) is 6.08. The number of rotatable bonds is 2. The van der Waals surface area contributed by atoms with Crippen molar-refractivity contribution in [2.75, 3.05) is 5.32 Å².